The van der Waals surface area contributed by atoms with Crippen LogP contribution in [0.4, 0.5) is 16.3 Å². The van der Waals surface area contributed by atoms with Gasteiger partial charge in [0.05, 0.1) is 5.69 Å². The van der Waals surface area contributed by atoms with E-state index in [1.165, 1.54) is 4.90 Å². The molecule has 21 heavy (non-hydrogen) atoms. The number of nitrogens with one attached hydrogen (secondary N) is 1. The molecule has 6 nitrogen and oxygen atoms in total. The molecule has 0 unspecified atom stereocenters. The largest absolute Gasteiger partial charge is 0.326 e. The summed E-state index contributed by atoms with van der Waals surface area (Å²) in [6.07, 6.45) is 4.39. The highest BCUT2D eigenvalue weighted by atomic mass is 16.2. The maximum Gasteiger partial charge on any atom is 0.326 e. The van der Waals surface area contributed by atoms with Gasteiger partial charge in [0, 0.05) is 18.8 Å². The van der Waals surface area contributed by atoms with Crippen molar-refractivity contribution in [1.82, 2.24) is 9.88 Å². The molecule has 3 amide bonds. The molecule has 1 N–H and O–H groups in total. The van der Waals surface area contributed by atoms with Gasteiger partial charge < -0.3 is 10.2 Å². The molecule has 0 saturated carbocycles. The minimum atomic E-state index is -0.170. The van der Waals surface area contributed by atoms with E-state index in [1.54, 1.807) is 6.07 Å². The lowest BCUT2D eigenvalue weighted by Crippen LogP contribution is -2.49. The zero-order valence-corrected chi connectivity index (χ0v) is 12.3. The molecule has 3 rings (SSSR count). The summed E-state index contributed by atoms with van der Waals surface area (Å²) in [6, 6.07) is 3.53. The van der Waals surface area contributed by atoms with Crippen molar-refractivity contribution >= 4 is 23.4 Å². The first kappa shape index (κ1) is 13.9. The second-order valence-electron chi connectivity index (χ2n) is 5.64. The third kappa shape index (κ3) is 2.84. The van der Waals surface area contributed by atoms with Gasteiger partial charge in [-0.1, -0.05) is 12.8 Å². The van der Waals surface area contributed by atoms with Gasteiger partial charge in [-0.3, -0.25) is 9.69 Å². The Morgan fingerprint density at radius 2 is 1.90 bits per heavy atom. The van der Waals surface area contributed by atoms with Gasteiger partial charge in [-0.15, -0.1) is 0 Å². The highest BCUT2D eigenvalue weighted by Crippen LogP contribution is 2.28. The van der Waals surface area contributed by atoms with E-state index < -0.39 is 0 Å². The quantitative estimate of drug-likeness (QED) is 0.795. The van der Waals surface area contributed by atoms with Gasteiger partial charge in [-0.05, 0) is 31.9 Å². The van der Waals surface area contributed by atoms with Crippen LogP contribution in [0.5, 0.6) is 0 Å². The van der Waals surface area contributed by atoms with Crippen LogP contribution in [0.25, 0.3) is 0 Å². The molecule has 0 atom stereocenters. The number of carbonyl (C=O) groups excluding carboxylic acids is 2. The minimum absolute atomic E-state index is 0.0405. The van der Waals surface area contributed by atoms with Gasteiger partial charge >= 0.3 is 6.03 Å². The number of hydrogen-bond donors (Lipinski definition) is 1. The first-order chi connectivity index (χ1) is 10.1. The van der Waals surface area contributed by atoms with E-state index >= 15 is 0 Å². The summed E-state index contributed by atoms with van der Waals surface area (Å²) in [5, 5.41) is 2.77. The predicted molar refractivity (Wildman–Crippen MR) is 80.4 cm³/mol. The van der Waals surface area contributed by atoms with Crippen LogP contribution in [0.15, 0.2) is 12.1 Å². The van der Waals surface area contributed by atoms with E-state index in [0.717, 1.165) is 44.5 Å². The van der Waals surface area contributed by atoms with E-state index in [1.807, 2.05) is 17.9 Å². The van der Waals surface area contributed by atoms with Crippen LogP contribution in [-0.4, -0.2) is 41.5 Å². The normalized spacial score (nSPS) is 18.8. The van der Waals surface area contributed by atoms with Crippen LogP contribution < -0.4 is 10.2 Å². The number of amides is 3. The Hall–Kier alpha value is -2.11. The van der Waals surface area contributed by atoms with E-state index in [4.69, 9.17) is 0 Å². The number of nitrogens with zero attached hydrogens (tertiary/aromatic N) is 3. The zero-order valence-electron chi connectivity index (χ0n) is 12.3. The number of pyridine rings is 1. The molecule has 0 aliphatic carbocycles. The molecular formula is C15H20N4O2. The number of fused-ring (bicyclic) bond motifs is 1. The van der Waals surface area contributed by atoms with E-state index in [2.05, 4.69) is 10.3 Å². The second-order valence-corrected chi connectivity index (χ2v) is 5.64. The molecule has 0 radical (unpaired) electrons. The number of likely N-dealkylation sites (tertiary alicyclic amines) is 1. The van der Waals surface area contributed by atoms with Crippen LogP contribution in [0.1, 0.15) is 31.4 Å². The van der Waals surface area contributed by atoms with Crippen molar-refractivity contribution in [1.29, 1.82) is 0 Å². The Morgan fingerprint density at radius 3 is 2.62 bits per heavy atom. The molecule has 6 heteroatoms. The van der Waals surface area contributed by atoms with Crippen LogP contribution >= 0.6 is 0 Å². The third-order valence-electron chi connectivity index (χ3n) is 3.95. The molecule has 1 saturated heterocycles. The lowest BCUT2D eigenvalue weighted by atomic mass is 10.2. The Balaban J connectivity index is 1.89. The fourth-order valence-electron chi connectivity index (χ4n) is 2.85. The monoisotopic (exact) mass is 288 g/mol. The van der Waals surface area contributed by atoms with Crippen molar-refractivity contribution in [3.05, 3.63) is 17.8 Å². The van der Waals surface area contributed by atoms with Crippen molar-refractivity contribution in [2.24, 2.45) is 0 Å². The fraction of sp³-hybridized carbons (Fsp3) is 0.533. The van der Waals surface area contributed by atoms with E-state index in [0.29, 0.717) is 11.5 Å². The van der Waals surface area contributed by atoms with E-state index in [-0.39, 0.29) is 18.5 Å². The lowest BCUT2D eigenvalue weighted by molar-refractivity contribution is -0.115. The molecule has 1 aromatic rings. The number of anilines is 2. The molecule has 112 valence electrons. The number of hydrogen-bond acceptors (Lipinski definition) is 3. The third-order valence-corrected chi connectivity index (χ3v) is 3.95. The summed E-state index contributed by atoms with van der Waals surface area (Å²) < 4.78 is 0. The van der Waals surface area contributed by atoms with Gasteiger partial charge in [0.1, 0.15) is 6.54 Å². The summed E-state index contributed by atoms with van der Waals surface area (Å²) in [7, 11) is 0. The number of rotatable bonds is 0. The van der Waals surface area contributed by atoms with Gasteiger partial charge in [0.25, 0.3) is 0 Å². The highest BCUT2D eigenvalue weighted by molar-refractivity contribution is 6.08. The first-order valence-corrected chi connectivity index (χ1v) is 7.49. The predicted octanol–water partition coefficient (Wildman–Crippen LogP) is 2.14. The molecule has 0 bridgehead atoms. The number of carbonyl (C=O) groups is 2. The Kier molecular flexibility index (Phi) is 3.77. The lowest BCUT2D eigenvalue weighted by Gasteiger charge is -2.32. The molecule has 0 aromatic carbocycles. The molecule has 0 spiro atoms. The fourth-order valence-corrected chi connectivity index (χ4v) is 2.85. The van der Waals surface area contributed by atoms with Gasteiger partial charge in [0.15, 0.2) is 5.82 Å². The van der Waals surface area contributed by atoms with Crippen molar-refractivity contribution in [3.63, 3.8) is 0 Å². The SMILES string of the molecule is Cc1ccc2c(n1)N(C(=O)N1CCCCCC1)CC(=O)N2. The van der Waals surface area contributed by atoms with Crippen molar-refractivity contribution in [2.75, 3.05) is 29.9 Å². The molecular weight excluding hydrogens is 268 g/mol. The number of aryl methyl sites for hydroxylation is 1. The van der Waals surface area contributed by atoms with Crippen LogP contribution in [-0.2, 0) is 4.79 Å². The summed E-state index contributed by atoms with van der Waals surface area (Å²) in [5.74, 6) is 0.389. The van der Waals surface area contributed by atoms with Crippen molar-refractivity contribution in [2.45, 2.75) is 32.6 Å². The molecule has 3 heterocycles. The molecule has 1 fully saturated rings. The summed E-state index contributed by atoms with van der Waals surface area (Å²) >= 11 is 0. The van der Waals surface area contributed by atoms with Gasteiger partial charge in [0.2, 0.25) is 5.91 Å². The average molecular weight is 288 g/mol. The Morgan fingerprint density at radius 1 is 1.19 bits per heavy atom. The zero-order chi connectivity index (χ0) is 14.8. The Labute approximate surface area is 124 Å². The maximum absolute atomic E-state index is 12.8. The molecule has 2 aliphatic heterocycles. The number of urea groups is 1. The second kappa shape index (κ2) is 5.71. The first-order valence-electron chi connectivity index (χ1n) is 7.49. The van der Waals surface area contributed by atoms with Gasteiger partial charge in [-0.25, -0.2) is 9.78 Å². The summed E-state index contributed by atoms with van der Waals surface area (Å²) in [6.45, 7) is 3.44. The van der Waals surface area contributed by atoms with Gasteiger partial charge in [-0.2, -0.15) is 0 Å². The minimum Gasteiger partial charge on any atom is -0.324 e. The number of aromatic nitrogens is 1. The summed E-state index contributed by atoms with van der Waals surface area (Å²) in [5.41, 5.74) is 1.44. The van der Waals surface area contributed by atoms with Crippen molar-refractivity contribution < 1.29 is 9.59 Å². The highest BCUT2D eigenvalue weighted by Gasteiger charge is 2.31. The Bertz CT molecular complexity index is 565. The molecule has 1 aromatic heterocycles. The molecule has 2 aliphatic rings. The van der Waals surface area contributed by atoms with E-state index in [9.17, 15) is 9.59 Å². The van der Waals surface area contributed by atoms with Crippen molar-refractivity contribution in [3.8, 4) is 0 Å². The smallest absolute Gasteiger partial charge is 0.324 e. The van der Waals surface area contributed by atoms with Crippen LogP contribution in [0, 0.1) is 6.92 Å². The standard InChI is InChI=1S/C15H20N4O2/c1-11-6-7-12-14(16-11)19(10-13(20)17-12)15(21)18-8-4-2-3-5-9-18/h6-7H,2-5,8-10H2,1H3,(H,17,20). The van der Waals surface area contributed by atoms with Crippen LogP contribution in [0.2, 0.25) is 0 Å². The average Bonchev–Trinajstić information content (AvgIpc) is 2.75. The maximum atomic E-state index is 12.8. The topological polar surface area (TPSA) is 65.5 Å². The van der Waals surface area contributed by atoms with Crippen LogP contribution in [0.3, 0.4) is 0 Å². The summed E-state index contributed by atoms with van der Waals surface area (Å²) in [4.78, 5) is 32.4.